The maximum absolute atomic E-state index is 13.9. The SMILES string of the molecule is CC1CN(Cc2cc(Br)ccc2F)C(C2CC2)CN1. The van der Waals surface area contributed by atoms with Crippen molar-refractivity contribution in [1.82, 2.24) is 10.2 Å². The standard InChI is InChI=1S/C15H20BrFN2/c1-10-8-19(15(7-18-10)11-2-3-11)9-12-6-13(16)4-5-14(12)17/h4-6,10-11,15,18H,2-3,7-9H2,1H3. The second kappa shape index (κ2) is 5.51. The van der Waals surface area contributed by atoms with Crippen LogP contribution in [0.2, 0.25) is 0 Å². The lowest BCUT2D eigenvalue weighted by molar-refractivity contribution is 0.111. The highest BCUT2D eigenvalue weighted by molar-refractivity contribution is 9.10. The molecule has 0 radical (unpaired) electrons. The Labute approximate surface area is 122 Å². The Morgan fingerprint density at radius 1 is 1.42 bits per heavy atom. The molecule has 4 heteroatoms. The summed E-state index contributed by atoms with van der Waals surface area (Å²) in [5.74, 6) is 0.721. The Bertz CT molecular complexity index is 461. The summed E-state index contributed by atoms with van der Waals surface area (Å²) in [6.45, 7) is 4.97. The molecule has 1 saturated heterocycles. The number of halogens is 2. The van der Waals surface area contributed by atoms with E-state index in [2.05, 4.69) is 33.1 Å². The van der Waals surface area contributed by atoms with E-state index < -0.39 is 0 Å². The third-order valence-electron chi connectivity index (χ3n) is 4.20. The van der Waals surface area contributed by atoms with E-state index in [0.29, 0.717) is 12.1 Å². The van der Waals surface area contributed by atoms with Crippen molar-refractivity contribution in [1.29, 1.82) is 0 Å². The van der Waals surface area contributed by atoms with Gasteiger partial charge in [0.2, 0.25) is 0 Å². The second-order valence-corrected chi connectivity index (χ2v) is 6.79. The van der Waals surface area contributed by atoms with Crippen molar-refractivity contribution in [3.05, 3.63) is 34.1 Å². The fraction of sp³-hybridized carbons (Fsp3) is 0.600. The van der Waals surface area contributed by atoms with E-state index in [-0.39, 0.29) is 5.82 Å². The van der Waals surface area contributed by atoms with Crippen LogP contribution in [0.3, 0.4) is 0 Å². The molecular weight excluding hydrogens is 307 g/mol. The van der Waals surface area contributed by atoms with Gasteiger partial charge in [-0.15, -0.1) is 0 Å². The summed E-state index contributed by atoms with van der Waals surface area (Å²) >= 11 is 3.43. The molecule has 104 valence electrons. The smallest absolute Gasteiger partial charge is 0.127 e. The summed E-state index contributed by atoms with van der Waals surface area (Å²) in [4.78, 5) is 2.46. The Morgan fingerprint density at radius 3 is 2.95 bits per heavy atom. The lowest BCUT2D eigenvalue weighted by Crippen LogP contribution is -2.55. The van der Waals surface area contributed by atoms with Crippen LogP contribution < -0.4 is 5.32 Å². The van der Waals surface area contributed by atoms with Crippen LogP contribution in [0.1, 0.15) is 25.3 Å². The Hall–Kier alpha value is -0.450. The molecule has 0 aromatic heterocycles. The fourth-order valence-corrected chi connectivity index (χ4v) is 3.42. The summed E-state index contributed by atoms with van der Waals surface area (Å²) in [6.07, 6.45) is 2.66. The molecule has 2 aliphatic rings. The van der Waals surface area contributed by atoms with Crippen LogP contribution in [-0.4, -0.2) is 30.1 Å². The molecule has 19 heavy (non-hydrogen) atoms. The number of piperazine rings is 1. The van der Waals surface area contributed by atoms with Gasteiger partial charge >= 0.3 is 0 Å². The molecule has 0 bridgehead atoms. The normalized spacial score (nSPS) is 28.6. The maximum atomic E-state index is 13.9. The zero-order chi connectivity index (χ0) is 13.4. The Balaban J connectivity index is 1.76. The van der Waals surface area contributed by atoms with Crippen LogP contribution in [0.25, 0.3) is 0 Å². The van der Waals surface area contributed by atoms with E-state index in [4.69, 9.17) is 0 Å². The van der Waals surface area contributed by atoms with E-state index in [0.717, 1.165) is 35.6 Å². The average molecular weight is 327 g/mol. The van der Waals surface area contributed by atoms with Gasteiger partial charge in [0.1, 0.15) is 5.82 Å². The zero-order valence-corrected chi connectivity index (χ0v) is 12.8. The molecule has 2 fully saturated rings. The highest BCUT2D eigenvalue weighted by Crippen LogP contribution is 2.37. The van der Waals surface area contributed by atoms with Crippen LogP contribution in [0, 0.1) is 11.7 Å². The molecule has 1 aromatic rings. The number of hydrogen-bond donors (Lipinski definition) is 1. The first-order valence-electron chi connectivity index (χ1n) is 7.05. The summed E-state index contributed by atoms with van der Waals surface area (Å²) in [7, 11) is 0. The van der Waals surface area contributed by atoms with Crippen LogP contribution in [0.4, 0.5) is 4.39 Å². The van der Waals surface area contributed by atoms with Gasteiger partial charge in [0, 0.05) is 41.8 Å². The van der Waals surface area contributed by atoms with E-state index >= 15 is 0 Å². The minimum absolute atomic E-state index is 0.0936. The van der Waals surface area contributed by atoms with Gasteiger partial charge in [0.25, 0.3) is 0 Å². The summed E-state index contributed by atoms with van der Waals surface area (Å²) in [5, 5.41) is 3.55. The first-order chi connectivity index (χ1) is 9.13. The molecule has 1 saturated carbocycles. The van der Waals surface area contributed by atoms with E-state index in [9.17, 15) is 4.39 Å². The Kier molecular flexibility index (Phi) is 3.92. The van der Waals surface area contributed by atoms with Crippen LogP contribution in [-0.2, 0) is 6.54 Å². The van der Waals surface area contributed by atoms with Crippen molar-refractivity contribution in [2.45, 2.75) is 38.4 Å². The molecule has 0 spiro atoms. The summed E-state index contributed by atoms with van der Waals surface area (Å²) in [6, 6.07) is 6.29. The quantitative estimate of drug-likeness (QED) is 0.917. The third kappa shape index (κ3) is 3.18. The molecular formula is C15H20BrFN2. The van der Waals surface area contributed by atoms with Gasteiger partial charge in [0.05, 0.1) is 0 Å². The molecule has 0 amide bonds. The molecule has 1 aromatic carbocycles. The van der Waals surface area contributed by atoms with Crippen LogP contribution in [0.5, 0.6) is 0 Å². The lowest BCUT2D eigenvalue weighted by Gasteiger charge is -2.39. The minimum Gasteiger partial charge on any atom is -0.311 e. The average Bonchev–Trinajstić information content (AvgIpc) is 3.18. The first kappa shape index (κ1) is 13.5. The van der Waals surface area contributed by atoms with Crippen molar-refractivity contribution in [3.63, 3.8) is 0 Å². The number of nitrogens with zero attached hydrogens (tertiary/aromatic N) is 1. The largest absolute Gasteiger partial charge is 0.311 e. The summed E-state index contributed by atoms with van der Waals surface area (Å²) < 4.78 is 14.9. The molecule has 1 heterocycles. The summed E-state index contributed by atoms with van der Waals surface area (Å²) in [5.41, 5.74) is 0.800. The predicted octanol–water partition coefficient (Wildman–Crippen LogP) is 3.16. The molecule has 1 N–H and O–H groups in total. The predicted molar refractivity (Wildman–Crippen MR) is 78.5 cm³/mol. The van der Waals surface area contributed by atoms with Crippen molar-refractivity contribution >= 4 is 15.9 Å². The minimum atomic E-state index is -0.0936. The number of hydrogen-bond acceptors (Lipinski definition) is 2. The molecule has 2 unspecified atom stereocenters. The molecule has 1 aliphatic carbocycles. The molecule has 1 aliphatic heterocycles. The van der Waals surface area contributed by atoms with E-state index in [1.54, 1.807) is 12.1 Å². The fourth-order valence-electron chi connectivity index (χ4n) is 3.01. The van der Waals surface area contributed by atoms with Crippen LogP contribution >= 0.6 is 15.9 Å². The molecule has 2 nitrogen and oxygen atoms in total. The van der Waals surface area contributed by atoms with Gasteiger partial charge in [-0.1, -0.05) is 15.9 Å². The lowest BCUT2D eigenvalue weighted by atomic mass is 10.0. The van der Waals surface area contributed by atoms with Crippen molar-refractivity contribution < 1.29 is 4.39 Å². The van der Waals surface area contributed by atoms with Gasteiger partial charge in [0.15, 0.2) is 0 Å². The van der Waals surface area contributed by atoms with Crippen LogP contribution in [0.15, 0.2) is 22.7 Å². The topological polar surface area (TPSA) is 15.3 Å². The van der Waals surface area contributed by atoms with Crippen molar-refractivity contribution in [3.8, 4) is 0 Å². The van der Waals surface area contributed by atoms with Gasteiger partial charge in [-0.05, 0) is 43.9 Å². The van der Waals surface area contributed by atoms with Gasteiger partial charge in [-0.2, -0.15) is 0 Å². The van der Waals surface area contributed by atoms with Gasteiger partial charge < -0.3 is 5.32 Å². The molecule has 3 rings (SSSR count). The second-order valence-electron chi connectivity index (χ2n) is 5.88. The zero-order valence-electron chi connectivity index (χ0n) is 11.2. The highest BCUT2D eigenvalue weighted by Gasteiger charge is 2.38. The number of nitrogens with one attached hydrogen (secondary N) is 1. The maximum Gasteiger partial charge on any atom is 0.127 e. The van der Waals surface area contributed by atoms with E-state index in [1.807, 2.05) is 6.07 Å². The van der Waals surface area contributed by atoms with Crippen molar-refractivity contribution in [2.24, 2.45) is 5.92 Å². The Morgan fingerprint density at radius 2 is 2.21 bits per heavy atom. The van der Waals surface area contributed by atoms with Gasteiger partial charge in [-0.25, -0.2) is 4.39 Å². The highest BCUT2D eigenvalue weighted by atomic mass is 79.9. The monoisotopic (exact) mass is 326 g/mol. The first-order valence-corrected chi connectivity index (χ1v) is 7.84. The van der Waals surface area contributed by atoms with Crippen molar-refractivity contribution in [2.75, 3.05) is 13.1 Å². The van der Waals surface area contributed by atoms with E-state index in [1.165, 1.54) is 12.8 Å². The third-order valence-corrected chi connectivity index (χ3v) is 4.69. The van der Waals surface area contributed by atoms with Gasteiger partial charge in [-0.3, -0.25) is 4.90 Å². The number of rotatable bonds is 3. The number of benzene rings is 1. The molecule has 2 atom stereocenters.